The second-order valence-corrected chi connectivity index (χ2v) is 8.59. The molecule has 0 heterocycles. The topological polar surface area (TPSA) is 91.3 Å². The monoisotopic (exact) mass is 432 g/mol. The zero-order valence-corrected chi connectivity index (χ0v) is 18.5. The van der Waals surface area contributed by atoms with Crippen LogP contribution in [-0.4, -0.2) is 58.6 Å². The Bertz CT molecular complexity index is 952. The molecule has 2 rings (SSSR count). The number of carbonyl (C=O) groups is 1. The molecule has 0 bridgehead atoms. The van der Waals surface area contributed by atoms with Crippen molar-refractivity contribution in [2.75, 3.05) is 44.0 Å². The molecule has 162 valence electrons. The smallest absolute Gasteiger partial charge is 0.265 e. The molecule has 0 aliphatic carbocycles. The Balaban J connectivity index is 1.86. The molecule has 9 heteroatoms. The van der Waals surface area contributed by atoms with E-state index in [4.69, 9.17) is 4.84 Å². The fourth-order valence-corrected chi connectivity index (χ4v) is 4.13. The van der Waals surface area contributed by atoms with Gasteiger partial charge in [0.15, 0.2) is 6.61 Å². The molecule has 0 radical (unpaired) electrons. The number of nitrogens with zero attached hydrogens (tertiary/aromatic N) is 3. The number of hydrogen-bond acceptors (Lipinski definition) is 6. The molecular formula is C21H28N4O4S. The van der Waals surface area contributed by atoms with Crippen molar-refractivity contribution in [3.8, 4) is 0 Å². The lowest BCUT2D eigenvalue weighted by atomic mass is 10.2. The molecule has 8 nitrogen and oxygen atoms in total. The van der Waals surface area contributed by atoms with Gasteiger partial charge in [0.05, 0.1) is 11.1 Å². The van der Waals surface area contributed by atoms with Gasteiger partial charge in [-0.25, -0.2) is 8.42 Å². The Labute approximate surface area is 178 Å². The maximum absolute atomic E-state index is 12.5. The van der Waals surface area contributed by atoms with E-state index in [1.807, 2.05) is 43.3 Å². The van der Waals surface area contributed by atoms with Crippen LogP contribution in [0.1, 0.15) is 19.4 Å². The first-order valence-corrected chi connectivity index (χ1v) is 11.0. The largest absolute Gasteiger partial charge is 0.386 e. The number of carbonyl (C=O) groups excluding carboxylic acids is 1. The minimum atomic E-state index is -3.52. The summed E-state index contributed by atoms with van der Waals surface area (Å²) in [5.74, 6) is -0.394. The van der Waals surface area contributed by atoms with Crippen LogP contribution in [0.25, 0.3) is 0 Å². The molecule has 0 spiro atoms. The van der Waals surface area contributed by atoms with Crippen molar-refractivity contribution in [2.24, 2.45) is 5.16 Å². The van der Waals surface area contributed by atoms with Crippen molar-refractivity contribution in [2.45, 2.75) is 18.7 Å². The molecule has 0 fully saturated rings. The van der Waals surface area contributed by atoms with Crippen LogP contribution in [0, 0.1) is 0 Å². The lowest BCUT2D eigenvalue weighted by Crippen LogP contribution is -2.30. The lowest BCUT2D eigenvalue weighted by molar-refractivity contribution is -0.120. The van der Waals surface area contributed by atoms with E-state index >= 15 is 0 Å². The maximum atomic E-state index is 12.5. The van der Waals surface area contributed by atoms with Crippen molar-refractivity contribution in [3.05, 3.63) is 54.1 Å². The van der Waals surface area contributed by atoms with E-state index in [1.54, 1.807) is 26.0 Å². The van der Waals surface area contributed by atoms with Crippen molar-refractivity contribution in [3.63, 3.8) is 0 Å². The van der Waals surface area contributed by atoms with E-state index in [0.29, 0.717) is 18.8 Å². The molecule has 1 amide bonds. The number of amides is 1. The van der Waals surface area contributed by atoms with E-state index < -0.39 is 15.9 Å². The summed E-state index contributed by atoms with van der Waals surface area (Å²) in [5.41, 5.74) is 2.40. The Hall–Kier alpha value is -2.91. The summed E-state index contributed by atoms with van der Waals surface area (Å²) in [7, 11) is 0.397. The fourth-order valence-electron chi connectivity index (χ4n) is 2.67. The second kappa shape index (κ2) is 10.7. The SMILES string of the molecule is CCN(CC)S(=O)(=O)c1ccc(NC(=O)CO/N=C/c2ccc(N(C)C)cc2)cc1. The van der Waals surface area contributed by atoms with E-state index in [9.17, 15) is 13.2 Å². The van der Waals surface area contributed by atoms with Crippen LogP contribution in [0.5, 0.6) is 0 Å². The number of hydrogen-bond donors (Lipinski definition) is 1. The fraction of sp³-hybridized carbons (Fsp3) is 0.333. The first-order valence-electron chi connectivity index (χ1n) is 9.60. The number of oxime groups is 1. The number of sulfonamides is 1. The Morgan fingerprint density at radius 2 is 1.63 bits per heavy atom. The summed E-state index contributed by atoms with van der Waals surface area (Å²) in [4.78, 5) is 19.2. The third kappa shape index (κ3) is 6.30. The van der Waals surface area contributed by atoms with E-state index in [1.165, 1.54) is 22.7 Å². The van der Waals surface area contributed by atoms with Crippen LogP contribution in [-0.2, 0) is 19.7 Å². The minimum Gasteiger partial charge on any atom is -0.386 e. The van der Waals surface area contributed by atoms with Gasteiger partial charge < -0.3 is 15.1 Å². The van der Waals surface area contributed by atoms with E-state index in [-0.39, 0.29) is 11.5 Å². The van der Waals surface area contributed by atoms with Gasteiger partial charge in [0.1, 0.15) is 0 Å². The normalized spacial score (nSPS) is 11.6. The van der Waals surface area contributed by atoms with Crippen LogP contribution >= 0.6 is 0 Å². The average molecular weight is 433 g/mol. The molecule has 30 heavy (non-hydrogen) atoms. The molecule has 0 aliphatic heterocycles. The van der Waals surface area contributed by atoms with Gasteiger partial charge in [0.25, 0.3) is 5.91 Å². The van der Waals surface area contributed by atoms with Gasteiger partial charge in [-0.05, 0) is 42.0 Å². The highest BCUT2D eigenvalue weighted by atomic mass is 32.2. The molecular weight excluding hydrogens is 404 g/mol. The molecule has 0 aliphatic rings. The first kappa shape index (κ1) is 23.4. The molecule has 1 N–H and O–H groups in total. The summed E-state index contributed by atoms with van der Waals surface area (Å²) in [5, 5.41) is 6.44. The predicted octanol–water partition coefficient (Wildman–Crippen LogP) is 2.77. The maximum Gasteiger partial charge on any atom is 0.265 e. The van der Waals surface area contributed by atoms with Gasteiger partial charge in [-0.2, -0.15) is 4.31 Å². The van der Waals surface area contributed by atoms with Crippen LogP contribution < -0.4 is 10.2 Å². The third-order valence-electron chi connectivity index (χ3n) is 4.36. The minimum absolute atomic E-state index is 0.185. The number of rotatable bonds is 10. The molecule has 2 aromatic rings. The van der Waals surface area contributed by atoms with Gasteiger partial charge in [0, 0.05) is 38.6 Å². The van der Waals surface area contributed by atoms with E-state index in [0.717, 1.165) is 11.3 Å². The standard InChI is InChI=1S/C21H28N4O4S/c1-5-25(6-2)30(27,28)20-13-9-18(10-14-20)23-21(26)16-29-22-15-17-7-11-19(12-8-17)24(3)4/h7-15H,5-6,16H2,1-4H3,(H,23,26)/b22-15+. The van der Waals surface area contributed by atoms with Gasteiger partial charge in [0.2, 0.25) is 10.0 Å². The predicted molar refractivity (Wildman–Crippen MR) is 119 cm³/mol. The Kier molecular flexibility index (Phi) is 8.37. The Morgan fingerprint density at radius 1 is 1.03 bits per heavy atom. The van der Waals surface area contributed by atoms with Gasteiger partial charge in [-0.3, -0.25) is 4.79 Å². The number of anilines is 2. The van der Waals surface area contributed by atoms with Gasteiger partial charge in [-0.1, -0.05) is 31.1 Å². The highest BCUT2D eigenvalue weighted by Gasteiger charge is 2.21. The third-order valence-corrected chi connectivity index (χ3v) is 6.43. The average Bonchev–Trinajstić information content (AvgIpc) is 2.72. The summed E-state index contributed by atoms with van der Waals surface area (Å²) >= 11 is 0. The lowest BCUT2D eigenvalue weighted by Gasteiger charge is -2.18. The molecule has 0 aromatic heterocycles. The second-order valence-electron chi connectivity index (χ2n) is 6.66. The zero-order valence-electron chi connectivity index (χ0n) is 17.7. The number of benzene rings is 2. The summed E-state index contributed by atoms with van der Waals surface area (Å²) in [6.45, 7) is 4.11. The quantitative estimate of drug-likeness (QED) is 0.460. The summed E-state index contributed by atoms with van der Waals surface area (Å²) in [6, 6.07) is 13.7. The van der Waals surface area contributed by atoms with Gasteiger partial charge >= 0.3 is 0 Å². The van der Waals surface area contributed by atoms with Crippen LogP contribution in [0.3, 0.4) is 0 Å². The van der Waals surface area contributed by atoms with E-state index in [2.05, 4.69) is 10.5 Å². The molecule has 0 saturated heterocycles. The highest BCUT2D eigenvalue weighted by Crippen LogP contribution is 2.18. The summed E-state index contributed by atoms with van der Waals surface area (Å²) in [6.07, 6.45) is 1.53. The van der Waals surface area contributed by atoms with Crippen molar-refractivity contribution >= 4 is 33.5 Å². The molecule has 0 saturated carbocycles. The summed E-state index contributed by atoms with van der Waals surface area (Å²) < 4.78 is 26.3. The van der Waals surface area contributed by atoms with Crippen LogP contribution in [0.4, 0.5) is 11.4 Å². The first-order chi connectivity index (χ1) is 14.3. The van der Waals surface area contributed by atoms with Crippen molar-refractivity contribution in [1.29, 1.82) is 0 Å². The molecule has 0 atom stereocenters. The highest BCUT2D eigenvalue weighted by molar-refractivity contribution is 7.89. The molecule has 2 aromatic carbocycles. The van der Waals surface area contributed by atoms with Crippen LogP contribution in [0.2, 0.25) is 0 Å². The Morgan fingerprint density at radius 3 is 2.17 bits per heavy atom. The van der Waals surface area contributed by atoms with Crippen molar-refractivity contribution < 1.29 is 18.0 Å². The van der Waals surface area contributed by atoms with Gasteiger partial charge in [-0.15, -0.1) is 0 Å². The zero-order chi connectivity index (χ0) is 22.1. The number of nitrogens with one attached hydrogen (secondary N) is 1. The molecule has 0 unspecified atom stereocenters. The van der Waals surface area contributed by atoms with Crippen molar-refractivity contribution in [1.82, 2.24) is 4.31 Å². The van der Waals surface area contributed by atoms with Crippen LogP contribution in [0.15, 0.2) is 58.6 Å².